The Kier molecular flexibility index (Phi) is 5.07. The lowest BCUT2D eigenvalue weighted by atomic mass is 10.2. The van der Waals surface area contributed by atoms with E-state index in [0.717, 1.165) is 10.2 Å². The summed E-state index contributed by atoms with van der Waals surface area (Å²) in [7, 11) is 1.36. The number of aryl methyl sites for hydroxylation is 1. The lowest BCUT2D eigenvalue weighted by Crippen LogP contribution is -2.04. The summed E-state index contributed by atoms with van der Waals surface area (Å²) in [5.41, 5.74) is 1.19. The molecule has 0 atom stereocenters. The van der Waals surface area contributed by atoms with Gasteiger partial charge in [0.1, 0.15) is 0 Å². The number of ether oxygens (including phenoxy) is 1. The highest BCUT2D eigenvalue weighted by atomic mass is 79.9. The summed E-state index contributed by atoms with van der Waals surface area (Å²) in [4.78, 5) is 13.9. The van der Waals surface area contributed by atoms with Gasteiger partial charge in [0.05, 0.1) is 23.4 Å². The van der Waals surface area contributed by atoms with Crippen LogP contribution in [0.1, 0.15) is 20.1 Å². The van der Waals surface area contributed by atoms with Crippen molar-refractivity contribution in [3.8, 4) is 0 Å². The van der Waals surface area contributed by atoms with Crippen molar-refractivity contribution >= 4 is 50.5 Å². The van der Waals surface area contributed by atoms with Crippen LogP contribution in [0.3, 0.4) is 0 Å². The normalized spacial score (nSPS) is 10.4. The second-order valence-corrected chi connectivity index (χ2v) is 6.76. The second-order valence-electron chi connectivity index (χ2n) is 4.16. The molecule has 0 saturated carbocycles. The molecule has 0 fully saturated rings. The maximum absolute atomic E-state index is 11.5. The van der Waals surface area contributed by atoms with Crippen LogP contribution in [0.4, 0.5) is 5.69 Å². The Labute approximate surface area is 135 Å². The molecule has 1 heterocycles. The van der Waals surface area contributed by atoms with E-state index in [1.807, 2.05) is 0 Å². The number of hydrogen-bond acceptors (Lipinski definition) is 4. The molecule has 1 aromatic heterocycles. The first-order valence-electron chi connectivity index (χ1n) is 5.88. The fraction of sp³-hybridized carbons (Fsp3) is 0.214. The topological polar surface area (TPSA) is 38.3 Å². The molecule has 0 spiro atoms. The van der Waals surface area contributed by atoms with Gasteiger partial charge in [-0.3, -0.25) is 0 Å². The molecule has 2 rings (SSSR count). The van der Waals surface area contributed by atoms with Crippen molar-refractivity contribution < 1.29 is 9.53 Å². The van der Waals surface area contributed by atoms with Gasteiger partial charge in [0.15, 0.2) is 0 Å². The molecule has 0 unspecified atom stereocenters. The van der Waals surface area contributed by atoms with E-state index in [9.17, 15) is 4.79 Å². The highest BCUT2D eigenvalue weighted by Gasteiger charge is 2.09. The Morgan fingerprint density at radius 2 is 2.20 bits per heavy atom. The number of thiophene rings is 1. The minimum atomic E-state index is -0.376. The Bertz CT molecular complexity index is 623. The zero-order valence-corrected chi connectivity index (χ0v) is 14.2. The molecule has 0 aliphatic heterocycles. The predicted octanol–water partition coefficient (Wildman–Crippen LogP) is 4.87. The predicted molar refractivity (Wildman–Crippen MR) is 86.9 cm³/mol. The molecular formula is C14H13BrClNO2S. The Morgan fingerprint density at radius 1 is 1.45 bits per heavy atom. The maximum Gasteiger partial charge on any atom is 0.337 e. The van der Waals surface area contributed by atoms with Crippen LogP contribution in [-0.2, 0) is 11.3 Å². The largest absolute Gasteiger partial charge is 0.465 e. The summed E-state index contributed by atoms with van der Waals surface area (Å²) in [6.07, 6.45) is 0. The van der Waals surface area contributed by atoms with Gasteiger partial charge in [-0.25, -0.2) is 4.79 Å². The first-order valence-corrected chi connectivity index (χ1v) is 7.86. The molecule has 0 aliphatic carbocycles. The minimum absolute atomic E-state index is 0.376. The van der Waals surface area contributed by atoms with Crippen LogP contribution in [-0.4, -0.2) is 13.1 Å². The van der Waals surface area contributed by atoms with Gasteiger partial charge in [0.2, 0.25) is 0 Å². The summed E-state index contributed by atoms with van der Waals surface area (Å²) < 4.78 is 5.80. The molecule has 106 valence electrons. The van der Waals surface area contributed by atoms with E-state index < -0.39 is 0 Å². The van der Waals surface area contributed by atoms with Gasteiger partial charge in [-0.05, 0) is 47.1 Å². The van der Waals surface area contributed by atoms with E-state index in [-0.39, 0.29) is 5.97 Å². The monoisotopic (exact) mass is 373 g/mol. The number of esters is 1. The molecule has 0 aliphatic rings. The zero-order chi connectivity index (χ0) is 14.7. The van der Waals surface area contributed by atoms with E-state index in [2.05, 4.69) is 34.2 Å². The van der Waals surface area contributed by atoms with E-state index in [1.54, 1.807) is 29.5 Å². The average molecular weight is 375 g/mol. The number of hydrogen-bond donors (Lipinski definition) is 1. The first kappa shape index (κ1) is 15.4. The second kappa shape index (κ2) is 6.61. The third-order valence-corrected chi connectivity index (χ3v) is 5.21. The van der Waals surface area contributed by atoms with Crippen LogP contribution in [0.2, 0.25) is 5.02 Å². The molecule has 20 heavy (non-hydrogen) atoms. The van der Waals surface area contributed by atoms with Crippen molar-refractivity contribution in [2.24, 2.45) is 0 Å². The Hall–Kier alpha value is -1.04. The third kappa shape index (κ3) is 3.53. The number of carbonyl (C=O) groups is 1. The molecule has 6 heteroatoms. The van der Waals surface area contributed by atoms with Gasteiger partial charge in [-0.1, -0.05) is 11.6 Å². The molecule has 0 radical (unpaired) electrons. The van der Waals surface area contributed by atoms with Crippen LogP contribution in [0, 0.1) is 6.92 Å². The van der Waals surface area contributed by atoms with Crippen LogP contribution in [0.25, 0.3) is 0 Å². The average Bonchev–Trinajstić information content (AvgIpc) is 2.76. The minimum Gasteiger partial charge on any atom is -0.465 e. The van der Waals surface area contributed by atoms with Crippen LogP contribution < -0.4 is 5.32 Å². The maximum atomic E-state index is 11.5. The fourth-order valence-electron chi connectivity index (χ4n) is 1.69. The molecule has 2 aromatic rings. The van der Waals surface area contributed by atoms with Gasteiger partial charge < -0.3 is 10.1 Å². The number of benzene rings is 1. The van der Waals surface area contributed by atoms with Crippen LogP contribution >= 0.6 is 38.9 Å². The smallest absolute Gasteiger partial charge is 0.337 e. The van der Waals surface area contributed by atoms with Crippen LogP contribution in [0.5, 0.6) is 0 Å². The zero-order valence-electron chi connectivity index (χ0n) is 11.0. The molecular weight excluding hydrogens is 362 g/mol. The summed E-state index contributed by atoms with van der Waals surface area (Å²) in [6.45, 7) is 2.71. The lowest BCUT2D eigenvalue weighted by molar-refractivity contribution is 0.0601. The van der Waals surface area contributed by atoms with E-state index in [4.69, 9.17) is 16.3 Å². The SMILES string of the molecule is COC(=O)c1ccc(Cl)c(NCc2cc(Br)c(C)s2)c1. The molecule has 1 aromatic carbocycles. The molecule has 0 saturated heterocycles. The molecule has 0 bridgehead atoms. The standard InChI is InChI=1S/C14H13BrClNO2S/c1-8-11(15)6-10(20-8)7-17-13-5-9(14(18)19-2)3-4-12(13)16/h3-6,17H,7H2,1-2H3. The van der Waals surface area contributed by atoms with Gasteiger partial charge in [-0.15, -0.1) is 11.3 Å². The van der Waals surface area contributed by atoms with Gasteiger partial charge in [0.25, 0.3) is 0 Å². The first-order chi connectivity index (χ1) is 9.51. The third-order valence-electron chi connectivity index (χ3n) is 2.75. The van der Waals surface area contributed by atoms with E-state index in [1.165, 1.54) is 16.9 Å². The van der Waals surface area contributed by atoms with Crippen molar-refractivity contribution in [3.05, 3.63) is 49.1 Å². The Balaban J connectivity index is 2.14. The fourth-order valence-corrected chi connectivity index (χ4v) is 3.42. The molecule has 1 N–H and O–H groups in total. The summed E-state index contributed by atoms with van der Waals surface area (Å²) in [5, 5.41) is 3.81. The number of rotatable bonds is 4. The summed E-state index contributed by atoms with van der Waals surface area (Å²) in [6, 6.07) is 7.10. The highest BCUT2D eigenvalue weighted by molar-refractivity contribution is 9.10. The quantitative estimate of drug-likeness (QED) is 0.776. The van der Waals surface area contributed by atoms with Gasteiger partial charge in [-0.2, -0.15) is 0 Å². The van der Waals surface area contributed by atoms with Gasteiger partial charge in [0, 0.05) is 20.8 Å². The van der Waals surface area contributed by atoms with Crippen molar-refractivity contribution in [3.63, 3.8) is 0 Å². The highest BCUT2D eigenvalue weighted by Crippen LogP contribution is 2.28. The number of anilines is 1. The van der Waals surface area contributed by atoms with Gasteiger partial charge >= 0.3 is 5.97 Å². The number of methoxy groups -OCH3 is 1. The van der Waals surface area contributed by atoms with E-state index >= 15 is 0 Å². The van der Waals surface area contributed by atoms with Crippen LogP contribution in [0.15, 0.2) is 28.7 Å². The lowest BCUT2D eigenvalue weighted by Gasteiger charge is -2.09. The van der Waals surface area contributed by atoms with E-state index in [0.29, 0.717) is 17.1 Å². The molecule has 3 nitrogen and oxygen atoms in total. The van der Waals surface area contributed by atoms with Crippen molar-refractivity contribution in [1.29, 1.82) is 0 Å². The van der Waals surface area contributed by atoms with Crippen molar-refractivity contribution in [2.75, 3.05) is 12.4 Å². The van der Waals surface area contributed by atoms with Crippen molar-refractivity contribution in [1.82, 2.24) is 0 Å². The number of carbonyl (C=O) groups excluding carboxylic acids is 1. The summed E-state index contributed by atoms with van der Waals surface area (Å²) in [5.74, 6) is -0.376. The number of nitrogens with one attached hydrogen (secondary N) is 1. The summed E-state index contributed by atoms with van der Waals surface area (Å²) >= 11 is 11.3. The molecule has 0 amide bonds. The Morgan fingerprint density at radius 3 is 2.80 bits per heavy atom. The number of halogens is 2. The van der Waals surface area contributed by atoms with Crippen molar-refractivity contribution in [2.45, 2.75) is 13.5 Å².